The number of aromatic nitrogens is 1. The molecule has 1 heterocycles. The molecule has 0 saturated carbocycles. The predicted molar refractivity (Wildman–Crippen MR) is 76.2 cm³/mol. The van der Waals surface area contributed by atoms with Gasteiger partial charge in [-0.15, -0.1) is 0 Å². The third kappa shape index (κ3) is 2.32. The maximum absolute atomic E-state index is 13.5. The summed E-state index contributed by atoms with van der Waals surface area (Å²) in [5, 5.41) is 9.14. The molecular weight excluding hydrogens is 327 g/mol. The van der Waals surface area contributed by atoms with E-state index in [1.165, 1.54) is 19.2 Å². The number of nitrogens with one attached hydrogen (secondary N) is 1. The smallest absolute Gasteiger partial charge is 0.266 e. The number of benzene rings is 1. The largest absolute Gasteiger partial charge is 0.495 e. The van der Waals surface area contributed by atoms with E-state index in [-0.39, 0.29) is 15.8 Å². The van der Waals surface area contributed by atoms with Crippen molar-refractivity contribution < 1.29 is 9.13 Å². The summed E-state index contributed by atoms with van der Waals surface area (Å²) in [7, 11) is 1.40. The molecule has 2 rings (SSSR count). The maximum atomic E-state index is 13.5. The normalized spacial score (nSPS) is 10.2. The van der Waals surface area contributed by atoms with Crippen LogP contribution in [0.15, 0.2) is 27.5 Å². The molecule has 0 atom stereocenters. The van der Waals surface area contributed by atoms with Crippen LogP contribution in [-0.2, 0) is 0 Å². The molecule has 0 saturated heterocycles. The second kappa shape index (κ2) is 5.47. The van der Waals surface area contributed by atoms with Gasteiger partial charge in [-0.05, 0) is 41.1 Å². The van der Waals surface area contributed by atoms with Gasteiger partial charge in [0.1, 0.15) is 23.2 Å². The third-order valence-electron chi connectivity index (χ3n) is 2.82. The van der Waals surface area contributed by atoms with Crippen molar-refractivity contribution in [2.45, 2.75) is 6.92 Å². The Kier molecular flexibility index (Phi) is 3.91. The topological polar surface area (TPSA) is 65.9 Å². The lowest BCUT2D eigenvalue weighted by molar-refractivity contribution is 0.409. The zero-order valence-electron chi connectivity index (χ0n) is 10.8. The molecule has 4 nitrogen and oxygen atoms in total. The Morgan fingerprint density at radius 3 is 2.70 bits per heavy atom. The van der Waals surface area contributed by atoms with Crippen LogP contribution in [0.1, 0.15) is 11.3 Å². The Bertz CT molecular complexity index is 778. The summed E-state index contributed by atoms with van der Waals surface area (Å²) in [6.45, 7) is 1.71. The summed E-state index contributed by atoms with van der Waals surface area (Å²) in [5.41, 5.74) is 0.974. The number of rotatable bonds is 2. The molecule has 1 aromatic carbocycles. The Morgan fingerprint density at radius 2 is 2.10 bits per heavy atom. The zero-order valence-corrected chi connectivity index (χ0v) is 12.3. The van der Waals surface area contributed by atoms with Gasteiger partial charge in [0.15, 0.2) is 0 Å². The number of nitriles is 1. The van der Waals surface area contributed by atoms with Crippen molar-refractivity contribution in [1.29, 1.82) is 5.26 Å². The van der Waals surface area contributed by atoms with Crippen LogP contribution < -0.4 is 10.3 Å². The van der Waals surface area contributed by atoms with Crippen LogP contribution in [0.5, 0.6) is 5.75 Å². The molecule has 0 amide bonds. The predicted octanol–water partition coefficient (Wildman–Crippen LogP) is 3.13. The van der Waals surface area contributed by atoms with Crippen molar-refractivity contribution in [1.82, 2.24) is 4.98 Å². The first-order chi connectivity index (χ1) is 9.49. The van der Waals surface area contributed by atoms with Crippen LogP contribution in [0.2, 0.25) is 0 Å². The van der Waals surface area contributed by atoms with E-state index >= 15 is 0 Å². The standard InChI is InChI=1S/C14H10BrFN2O2/c1-7-5-9(10(6-17)14(19)18-7)8-3-4-11(16)12(15)13(8)20-2/h3-5H,1-2H3,(H,18,19). The second-order valence-electron chi connectivity index (χ2n) is 4.12. The highest BCUT2D eigenvalue weighted by Crippen LogP contribution is 2.38. The van der Waals surface area contributed by atoms with E-state index < -0.39 is 11.4 Å². The highest BCUT2D eigenvalue weighted by Gasteiger charge is 2.18. The number of methoxy groups -OCH3 is 1. The zero-order chi connectivity index (χ0) is 14.9. The van der Waals surface area contributed by atoms with E-state index in [4.69, 9.17) is 10.00 Å². The van der Waals surface area contributed by atoms with Crippen LogP contribution in [0.4, 0.5) is 4.39 Å². The number of aryl methyl sites for hydroxylation is 1. The molecule has 0 fully saturated rings. The average Bonchev–Trinajstić information content (AvgIpc) is 2.41. The van der Waals surface area contributed by atoms with Gasteiger partial charge in [-0.3, -0.25) is 4.79 Å². The monoisotopic (exact) mass is 336 g/mol. The molecule has 0 radical (unpaired) electrons. The molecule has 20 heavy (non-hydrogen) atoms. The number of aromatic amines is 1. The molecular formula is C14H10BrFN2O2. The number of hydrogen-bond donors (Lipinski definition) is 1. The first-order valence-electron chi connectivity index (χ1n) is 5.66. The Morgan fingerprint density at radius 1 is 1.40 bits per heavy atom. The average molecular weight is 337 g/mol. The number of halogens is 2. The van der Waals surface area contributed by atoms with E-state index in [1.54, 1.807) is 13.0 Å². The molecule has 0 aliphatic carbocycles. The first-order valence-corrected chi connectivity index (χ1v) is 6.45. The fourth-order valence-electron chi connectivity index (χ4n) is 1.96. The number of nitrogens with zero attached hydrogens (tertiary/aromatic N) is 1. The third-order valence-corrected chi connectivity index (χ3v) is 3.56. The van der Waals surface area contributed by atoms with Crippen molar-refractivity contribution in [3.8, 4) is 22.9 Å². The van der Waals surface area contributed by atoms with Gasteiger partial charge in [0, 0.05) is 16.8 Å². The summed E-state index contributed by atoms with van der Waals surface area (Å²) in [6.07, 6.45) is 0. The molecule has 6 heteroatoms. The molecule has 1 aromatic heterocycles. The summed E-state index contributed by atoms with van der Waals surface area (Å²) in [4.78, 5) is 14.4. The molecule has 0 aliphatic heterocycles. The van der Waals surface area contributed by atoms with Crippen molar-refractivity contribution in [2.24, 2.45) is 0 Å². The van der Waals surface area contributed by atoms with Gasteiger partial charge in [-0.2, -0.15) is 5.26 Å². The minimum Gasteiger partial charge on any atom is -0.495 e. The molecule has 0 bridgehead atoms. The van der Waals surface area contributed by atoms with E-state index in [0.717, 1.165) is 0 Å². The van der Waals surface area contributed by atoms with E-state index in [0.29, 0.717) is 16.8 Å². The van der Waals surface area contributed by atoms with Crippen LogP contribution >= 0.6 is 15.9 Å². The fourth-order valence-corrected chi connectivity index (χ4v) is 2.46. The Hall–Kier alpha value is -2.13. The summed E-state index contributed by atoms with van der Waals surface area (Å²) in [5.74, 6) is -0.239. The number of pyridine rings is 1. The summed E-state index contributed by atoms with van der Waals surface area (Å²) >= 11 is 3.10. The lowest BCUT2D eigenvalue weighted by Gasteiger charge is -2.12. The quantitative estimate of drug-likeness (QED) is 0.916. The number of H-pyrrole nitrogens is 1. The number of ether oxygens (including phenoxy) is 1. The Balaban J connectivity index is 2.86. The SMILES string of the molecule is COc1c(-c2cc(C)[nH]c(=O)c2C#N)ccc(F)c1Br. The highest BCUT2D eigenvalue weighted by atomic mass is 79.9. The Labute approximate surface area is 123 Å². The van der Waals surface area contributed by atoms with Crippen molar-refractivity contribution >= 4 is 15.9 Å². The summed E-state index contributed by atoms with van der Waals surface area (Å²) < 4.78 is 18.9. The molecule has 0 spiro atoms. The molecule has 0 unspecified atom stereocenters. The summed E-state index contributed by atoms with van der Waals surface area (Å²) in [6, 6.07) is 6.25. The van der Waals surface area contributed by atoms with Gasteiger partial charge in [-0.1, -0.05) is 0 Å². The fraction of sp³-hybridized carbons (Fsp3) is 0.143. The van der Waals surface area contributed by atoms with Gasteiger partial charge < -0.3 is 9.72 Å². The van der Waals surface area contributed by atoms with Crippen molar-refractivity contribution in [3.63, 3.8) is 0 Å². The molecule has 2 aromatic rings. The lowest BCUT2D eigenvalue weighted by atomic mass is 10.00. The molecule has 102 valence electrons. The minimum absolute atomic E-state index is 0.0348. The van der Waals surface area contributed by atoms with Crippen LogP contribution in [0, 0.1) is 24.1 Å². The van der Waals surface area contributed by atoms with Gasteiger partial charge in [0.25, 0.3) is 5.56 Å². The van der Waals surface area contributed by atoms with Crippen LogP contribution in [0.3, 0.4) is 0 Å². The first kappa shape index (κ1) is 14.3. The van der Waals surface area contributed by atoms with Crippen molar-refractivity contribution in [2.75, 3.05) is 7.11 Å². The molecule has 1 N–H and O–H groups in total. The van der Waals surface area contributed by atoms with Gasteiger partial charge >= 0.3 is 0 Å². The second-order valence-corrected chi connectivity index (χ2v) is 4.92. The van der Waals surface area contributed by atoms with Crippen molar-refractivity contribution in [3.05, 3.63) is 50.1 Å². The van der Waals surface area contributed by atoms with Crippen LogP contribution in [-0.4, -0.2) is 12.1 Å². The molecule has 0 aliphatic rings. The van der Waals surface area contributed by atoms with Gasteiger partial charge in [-0.25, -0.2) is 4.39 Å². The highest BCUT2D eigenvalue weighted by molar-refractivity contribution is 9.10. The maximum Gasteiger partial charge on any atom is 0.266 e. The van der Waals surface area contributed by atoms with Gasteiger partial charge in [0.05, 0.1) is 11.6 Å². The lowest BCUT2D eigenvalue weighted by Crippen LogP contribution is -2.13. The minimum atomic E-state index is -0.481. The van der Waals surface area contributed by atoms with Gasteiger partial charge in [0.2, 0.25) is 0 Å². The number of hydrogen-bond acceptors (Lipinski definition) is 3. The van der Waals surface area contributed by atoms with E-state index in [9.17, 15) is 9.18 Å². The van der Waals surface area contributed by atoms with E-state index in [1.807, 2.05) is 6.07 Å². The van der Waals surface area contributed by atoms with Crippen LogP contribution in [0.25, 0.3) is 11.1 Å². The van der Waals surface area contributed by atoms with E-state index in [2.05, 4.69) is 20.9 Å².